The summed E-state index contributed by atoms with van der Waals surface area (Å²) < 4.78 is 6.09. The normalized spacial score (nSPS) is 29.4. The van der Waals surface area contributed by atoms with Crippen LogP contribution in [-0.2, 0) is 4.74 Å². The molecule has 0 aromatic carbocycles. The molecule has 3 nitrogen and oxygen atoms in total. The average Bonchev–Trinajstić information content (AvgIpc) is 2.90. The first kappa shape index (κ1) is 17.2. The van der Waals surface area contributed by atoms with E-state index in [2.05, 4.69) is 44.8 Å². The largest absolute Gasteiger partial charge is 0.377 e. The van der Waals surface area contributed by atoms with Crippen molar-refractivity contribution in [3.05, 3.63) is 0 Å². The lowest BCUT2D eigenvalue weighted by Gasteiger charge is -2.46. The molecule has 3 heteroatoms. The number of ether oxygens (including phenoxy) is 1. The van der Waals surface area contributed by atoms with E-state index in [1.165, 1.54) is 25.7 Å². The van der Waals surface area contributed by atoms with Gasteiger partial charge in [-0.25, -0.2) is 0 Å². The van der Waals surface area contributed by atoms with E-state index in [-0.39, 0.29) is 0 Å². The number of nitrogens with zero attached hydrogens (tertiary/aromatic N) is 1. The quantitative estimate of drug-likeness (QED) is 0.842. The summed E-state index contributed by atoms with van der Waals surface area (Å²) >= 11 is 0. The zero-order chi connectivity index (χ0) is 15.5. The molecule has 2 unspecified atom stereocenters. The Morgan fingerprint density at radius 1 is 1.19 bits per heavy atom. The van der Waals surface area contributed by atoms with E-state index >= 15 is 0 Å². The SMILES string of the molecule is CC(C)C1CNC(C(C)(C)C)CN1CCOC1CCCC1. The zero-order valence-electron chi connectivity index (χ0n) is 14.8. The molecule has 0 radical (unpaired) electrons. The van der Waals surface area contributed by atoms with Crippen LogP contribution in [0.15, 0.2) is 0 Å². The van der Waals surface area contributed by atoms with Crippen molar-refractivity contribution < 1.29 is 4.74 Å². The molecule has 2 rings (SSSR count). The van der Waals surface area contributed by atoms with E-state index < -0.39 is 0 Å². The van der Waals surface area contributed by atoms with Crippen molar-refractivity contribution in [1.82, 2.24) is 10.2 Å². The first-order valence-electron chi connectivity index (χ1n) is 8.97. The van der Waals surface area contributed by atoms with Crippen molar-refractivity contribution in [3.63, 3.8) is 0 Å². The maximum atomic E-state index is 6.09. The second kappa shape index (κ2) is 7.43. The minimum absolute atomic E-state index is 0.326. The van der Waals surface area contributed by atoms with Crippen LogP contribution in [-0.4, -0.2) is 49.3 Å². The van der Waals surface area contributed by atoms with Crippen molar-refractivity contribution >= 4 is 0 Å². The van der Waals surface area contributed by atoms with E-state index in [1.807, 2.05) is 0 Å². The van der Waals surface area contributed by atoms with Crippen LogP contribution in [0.1, 0.15) is 60.3 Å². The molecule has 124 valence electrons. The van der Waals surface area contributed by atoms with Crippen LogP contribution in [0.2, 0.25) is 0 Å². The molecule has 1 N–H and O–H groups in total. The van der Waals surface area contributed by atoms with Crippen molar-refractivity contribution in [2.24, 2.45) is 11.3 Å². The molecule has 0 amide bonds. The van der Waals surface area contributed by atoms with Gasteiger partial charge in [0.2, 0.25) is 0 Å². The maximum absolute atomic E-state index is 6.09. The van der Waals surface area contributed by atoms with Crippen LogP contribution in [0.3, 0.4) is 0 Å². The van der Waals surface area contributed by atoms with Gasteiger partial charge in [0, 0.05) is 31.7 Å². The lowest BCUT2D eigenvalue weighted by molar-refractivity contribution is 0.00650. The molecular weight excluding hydrogens is 260 g/mol. The molecule has 0 bridgehead atoms. The highest BCUT2D eigenvalue weighted by atomic mass is 16.5. The van der Waals surface area contributed by atoms with Crippen LogP contribution in [0.5, 0.6) is 0 Å². The van der Waals surface area contributed by atoms with Crippen molar-refractivity contribution in [2.75, 3.05) is 26.2 Å². The minimum atomic E-state index is 0.326. The number of nitrogens with one attached hydrogen (secondary N) is 1. The van der Waals surface area contributed by atoms with Crippen LogP contribution in [0.25, 0.3) is 0 Å². The molecule has 2 atom stereocenters. The van der Waals surface area contributed by atoms with Gasteiger partial charge in [-0.2, -0.15) is 0 Å². The van der Waals surface area contributed by atoms with Gasteiger partial charge in [0.1, 0.15) is 0 Å². The Balaban J connectivity index is 1.84. The van der Waals surface area contributed by atoms with Gasteiger partial charge in [-0.05, 0) is 24.2 Å². The molecule has 0 aromatic heterocycles. The van der Waals surface area contributed by atoms with Crippen LogP contribution in [0, 0.1) is 11.3 Å². The average molecular weight is 296 g/mol. The van der Waals surface area contributed by atoms with Gasteiger partial charge in [-0.1, -0.05) is 47.5 Å². The monoisotopic (exact) mass is 296 g/mol. The first-order valence-corrected chi connectivity index (χ1v) is 8.97. The lowest BCUT2D eigenvalue weighted by Crippen LogP contribution is -2.62. The summed E-state index contributed by atoms with van der Waals surface area (Å²) in [6.45, 7) is 16.0. The van der Waals surface area contributed by atoms with E-state index in [4.69, 9.17) is 4.74 Å². The number of hydrogen-bond donors (Lipinski definition) is 1. The summed E-state index contributed by atoms with van der Waals surface area (Å²) in [5, 5.41) is 3.77. The fourth-order valence-corrected chi connectivity index (χ4v) is 3.71. The Morgan fingerprint density at radius 3 is 2.43 bits per heavy atom. The highest BCUT2D eigenvalue weighted by molar-refractivity contribution is 4.92. The molecule has 1 saturated heterocycles. The molecule has 1 aliphatic carbocycles. The highest BCUT2D eigenvalue weighted by Crippen LogP contribution is 2.26. The lowest BCUT2D eigenvalue weighted by atomic mass is 9.83. The van der Waals surface area contributed by atoms with E-state index in [0.717, 1.165) is 26.2 Å². The zero-order valence-corrected chi connectivity index (χ0v) is 14.8. The van der Waals surface area contributed by atoms with Crippen LogP contribution < -0.4 is 5.32 Å². The highest BCUT2D eigenvalue weighted by Gasteiger charge is 2.35. The summed E-state index contributed by atoms with van der Waals surface area (Å²) in [4.78, 5) is 2.67. The van der Waals surface area contributed by atoms with Gasteiger partial charge in [0.15, 0.2) is 0 Å². The predicted octanol–water partition coefficient (Wildman–Crippen LogP) is 3.29. The third kappa shape index (κ3) is 4.94. The third-order valence-electron chi connectivity index (χ3n) is 5.31. The number of hydrogen-bond acceptors (Lipinski definition) is 3. The number of piperazine rings is 1. The minimum Gasteiger partial charge on any atom is -0.377 e. The molecule has 1 heterocycles. The van der Waals surface area contributed by atoms with Crippen LogP contribution >= 0.6 is 0 Å². The second-order valence-corrected chi connectivity index (χ2v) is 8.41. The Kier molecular flexibility index (Phi) is 6.10. The van der Waals surface area contributed by atoms with Gasteiger partial charge in [0.25, 0.3) is 0 Å². The fourth-order valence-electron chi connectivity index (χ4n) is 3.71. The fraction of sp³-hybridized carbons (Fsp3) is 1.00. The van der Waals surface area contributed by atoms with Gasteiger partial charge < -0.3 is 10.1 Å². The smallest absolute Gasteiger partial charge is 0.0597 e. The van der Waals surface area contributed by atoms with Gasteiger partial charge in [0.05, 0.1) is 12.7 Å². The first-order chi connectivity index (χ1) is 9.88. The second-order valence-electron chi connectivity index (χ2n) is 8.41. The van der Waals surface area contributed by atoms with Crippen molar-refractivity contribution in [1.29, 1.82) is 0 Å². The predicted molar refractivity (Wildman–Crippen MR) is 89.7 cm³/mol. The summed E-state index contributed by atoms with van der Waals surface area (Å²) in [6.07, 6.45) is 5.82. The summed E-state index contributed by atoms with van der Waals surface area (Å²) in [5.74, 6) is 0.699. The van der Waals surface area contributed by atoms with Crippen molar-refractivity contribution in [3.8, 4) is 0 Å². The standard InChI is InChI=1S/C18H36N2O/c1-14(2)16-12-19-17(18(3,4)5)13-20(16)10-11-21-15-8-6-7-9-15/h14-17,19H,6-13H2,1-5H3. The molecule has 2 aliphatic rings. The molecule has 0 spiro atoms. The van der Waals surface area contributed by atoms with Crippen molar-refractivity contribution in [2.45, 2.75) is 78.5 Å². The summed E-state index contributed by atoms with van der Waals surface area (Å²) in [5.41, 5.74) is 0.326. The van der Waals surface area contributed by atoms with E-state index in [0.29, 0.717) is 29.5 Å². The Hall–Kier alpha value is -0.120. The Labute approximate surface area is 131 Å². The van der Waals surface area contributed by atoms with Gasteiger partial charge >= 0.3 is 0 Å². The maximum Gasteiger partial charge on any atom is 0.0597 e. The Bertz CT molecular complexity index is 305. The molecule has 21 heavy (non-hydrogen) atoms. The summed E-state index contributed by atoms with van der Waals surface area (Å²) in [6, 6.07) is 1.23. The molecule has 2 fully saturated rings. The molecule has 1 aliphatic heterocycles. The molecule has 1 saturated carbocycles. The van der Waals surface area contributed by atoms with E-state index in [9.17, 15) is 0 Å². The summed E-state index contributed by atoms with van der Waals surface area (Å²) in [7, 11) is 0. The number of rotatable bonds is 5. The third-order valence-corrected chi connectivity index (χ3v) is 5.31. The Morgan fingerprint density at radius 2 is 1.86 bits per heavy atom. The van der Waals surface area contributed by atoms with Gasteiger partial charge in [-0.3, -0.25) is 4.90 Å². The molecular formula is C18H36N2O. The van der Waals surface area contributed by atoms with E-state index in [1.54, 1.807) is 0 Å². The molecule has 0 aromatic rings. The van der Waals surface area contributed by atoms with Gasteiger partial charge in [-0.15, -0.1) is 0 Å². The topological polar surface area (TPSA) is 24.5 Å². The van der Waals surface area contributed by atoms with Crippen LogP contribution in [0.4, 0.5) is 0 Å².